The molecule has 2 aliphatic rings. The molecule has 2 fully saturated rings. The molecule has 19 heavy (non-hydrogen) atoms. The Bertz CT molecular complexity index is 264. The van der Waals surface area contributed by atoms with E-state index in [1.807, 2.05) is 6.92 Å². The second-order valence-corrected chi connectivity index (χ2v) is 6.76. The zero-order valence-electron chi connectivity index (χ0n) is 12.5. The Morgan fingerprint density at radius 2 is 1.95 bits per heavy atom. The summed E-state index contributed by atoms with van der Waals surface area (Å²) < 4.78 is 0. The minimum atomic E-state index is -0.386. The van der Waals surface area contributed by atoms with E-state index in [0.717, 1.165) is 18.9 Å². The van der Waals surface area contributed by atoms with Gasteiger partial charge in [-0.1, -0.05) is 6.42 Å². The summed E-state index contributed by atoms with van der Waals surface area (Å²) in [5.41, 5.74) is 5.56. The van der Waals surface area contributed by atoms with E-state index in [0.29, 0.717) is 0 Å². The maximum Gasteiger partial charge on any atom is 0.0608 e. The van der Waals surface area contributed by atoms with Crippen LogP contribution in [-0.4, -0.2) is 65.8 Å². The Morgan fingerprint density at radius 1 is 1.21 bits per heavy atom. The van der Waals surface area contributed by atoms with Gasteiger partial charge in [-0.25, -0.2) is 0 Å². The Balaban J connectivity index is 1.57. The molecule has 2 unspecified atom stereocenters. The van der Waals surface area contributed by atoms with Crippen molar-refractivity contribution in [1.29, 1.82) is 0 Å². The molecule has 4 nitrogen and oxygen atoms in total. The van der Waals surface area contributed by atoms with Gasteiger partial charge in [-0.05, 0) is 65.2 Å². The Morgan fingerprint density at radius 3 is 2.63 bits per heavy atom. The number of aliphatic hydroxyl groups excluding tert-OH is 1. The standard InChI is InChI=1S/C15H31N3O/c1-15(16,13-19)7-2-3-8-17-11-6-14(12-17)18-9-4-5-10-18/h14,19H,2-13,16H2,1H3. The van der Waals surface area contributed by atoms with Crippen LogP contribution in [0, 0.1) is 0 Å². The van der Waals surface area contributed by atoms with Gasteiger partial charge in [0.2, 0.25) is 0 Å². The van der Waals surface area contributed by atoms with Crippen LogP contribution in [0.1, 0.15) is 45.4 Å². The number of aliphatic hydroxyl groups is 1. The van der Waals surface area contributed by atoms with Crippen LogP contribution in [0.3, 0.4) is 0 Å². The van der Waals surface area contributed by atoms with Gasteiger partial charge >= 0.3 is 0 Å². The van der Waals surface area contributed by atoms with Gasteiger partial charge in [0.1, 0.15) is 0 Å². The van der Waals surface area contributed by atoms with E-state index in [1.165, 1.54) is 58.4 Å². The zero-order valence-corrected chi connectivity index (χ0v) is 12.5. The van der Waals surface area contributed by atoms with Crippen molar-refractivity contribution in [2.75, 3.05) is 39.3 Å². The lowest BCUT2D eigenvalue weighted by atomic mass is 9.97. The second-order valence-electron chi connectivity index (χ2n) is 6.76. The van der Waals surface area contributed by atoms with Crippen LogP contribution >= 0.6 is 0 Å². The molecule has 0 aromatic heterocycles. The molecule has 0 spiro atoms. The van der Waals surface area contributed by atoms with Gasteiger partial charge < -0.3 is 15.7 Å². The Hall–Kier alpha value is -0.160. The van der Waals surface area contributed by atoms with Crippen molar-refractivity contribution in [2.45, 2.75) is 57.0 Å². The number of rotatable bonds is 7. The van der Waals surface area contributed by atoms with E-state index < -0.39 is 0 Å². The fourth-order valence-electron chi connectivity index (χ4n) is 3.36. The van der Waals surface area contributed by atoms with Crippen molar-refractivity contribution in [3.05, 3.63) is 0 Å². The van der Waals surface area contributed by atoms with E-state index in [1.54, 1.807) is 0 Å². The molecule has 4 heteroatoms. The molecule has 0 radical (unpaired) electrons. The van der Waals surface area contributed by atoms with E-state index in [9.17, 15) is 0 Å². The fraction of sp³-hybridized carbons (Fsp3) is 1.00. The first kappa shape index (κ1) is 15.2. The first-order chi connectivity index (χ1) is 9.11. The molecular weight excluding hydrogens is 238 g/mol. The number of hydrogen-bond donors (Lipinski definition) is 2. The van der Waals surface area contributed by atoms with E-state index in [4.69, 9.17) is 10.8 Å². The van der Waals surface area contributed by atoms with Crippen molar-refractivity contribution < 1.29 is 5.11 Å². The predicted molar refractivity (Wildman–Crippen MR) is 79.2 cm³/mol. The normalized spacial score (nSPS) is 28.9. The van der Waals surface area contributed by atoms with Gasteiger partial charge in [0, 0.05) is 18.1 Å². The maximum atomic E-state index is 9.12. The minimum Gasteiger partial charge on any atom is -0.394 e. The third-order valence-electron chi connectivity index (χ3n) is 4.74. The summed E-state index contributed by atoms with van der Waals surface area (Å²) in [5, 5.41) is 9.12. The Labute approximate surface area is 117 Å². The summed E-state index contributed by atoms with van der Waals surface area (Å²) in [6.07, 6.45) is 7.40. The minimum absolute atomic E-state index is 0.0910. The average Bonchev–Trinajstić information content (AvgIpc) is 3.05. The lowest BCUT2D eigenvalue weighted by molar-refractivity contribution is 0.194. The zero-order chi connectivity index (χ0) is 13.7. The van der Waals surface area contributed by atoms with Crippen LogP contribution in [-0.2, 0) is 0 Å². The highest BCUT2D eigenvalue weighted by Gasteiger charge is 2.28. The van der Waals surface area contributed by atoms with Crippen molar-refractivity contribution in [1.82, 2.24) is 9.80 Å². The number of nitrogens with zero attached hydrogens (tertiary/aromatic N) is 2. The average molecular weight is 269 g/mol. The molecule has 2 heterocycles. The van der Waals surface area contributed by atoms with Crippen molar-refractivity contribution >= 4 is 0 Å². The Kier molecular flexibility index (Phi) is 5.63. The topological polar surface area (TPSA) is 52.7 Å². The molecule has 0 amide bonds. The van der Waals surface area contributed by atoms with Gasteiger partial charge in [-0.15, -0.1) is 0 Å². The van der Waals surface area contributed by atoms with Crippen molar-refractivity contribution in [3.8, 4) is 0 Å². The van der Waals surface area contributed by atoms with Crippen molar-refractivity contribution in [3.63, 3.8) is 0 Å². The van der Waals surface area contributed by atoms with Gasteiger partial charge in [-0.3, -0.25) is 4.90 Å². The van der Waals surface area contributed by atoms with Crippen molar-refractivity contribution in [2.24, 2.45) is 5.73 Å². The van der Waals surface area contributed by atoms with Crippen LogP contribution in [0.2, 0.25) is 0 Å². The summed E-state index contributed by atoms with van der Waals surface area (Å²) in [7, 11) is 0. The largest absolute Gasteiger partial charge is 0.394 e. The highest BCUT2D eigenvalue weighted by molar-refractivity contribution is 4.85. The molecule has 2 rings (SSSR count). The smallest absolute Gasteiger partial charge is 0.0608 e. The van der Waals surface area contributed by atoms with Crippen LogP contribution < -0.4 is 5.73 Å². The molecule has 112 valence electrons. The molecular formula is C15H31N3O. The summed E-state index contributed by atoms with van der Waals surface area (Å²) in [6, 6.07) is 0.819. The van der Waals surface area contributed by atoms with E-state index in [2.05, 4.69) is 9.80 Å². The monoisotopic (exact) mass is 269 g/mol. The second kappa shape index (κ2) is 7.02. The van der Waals surface area contributed by atoms with Gasteiger partial charge in [0.25, 0.3) is 0 Å². The summed E-state index contributed by atoms with van der Waals surface area (Å²) >= 11 is 0. The van der Waals surface area contributed by atoms with E-state index in [-0.39, 0.29) is 12.1 Å². The molecule has 0 aromatic carbocycles. The fourth-order valence-corrected chi connectivity index (χ4v) is 3.36. The molecule has 0 saturated carbocycles. The SMILES string of the molecule is CC(N)(CO)CCCCN1CCC(N2CCCC2)C1. The maximum absolute atomic E-state index is 9.12. The summed E-state index contributed by atoms with van der Waals surface area (Å²) in [5.74, 6) is 0. The third-order valence-corrected chi connectivity index (χ3v) is 4.74. The highest BCUT2D eigenvalue weighted by Crippen LogP contribution is 2.21. The molecule has 2 atom stereocenters. The number of hydrogen-bond acceptors (Lipinski definition) is 4. The number of unbranched alkanes of at least 4 members (excludes halogenated alkanes) is 1. The number of likely N-dealkylation sites (tertiary alicyclic amines) is 2. The van der Waals surface area contributed by atoms with Gasteiger partial charge in [0.05, 0.1) is 6.61 Å². The quantitative estimate of drug-likeness (QED) is 0.678. The summed E-state index contributed by atoms with van der Waals surface area (Å²) in [4.78, 5) is 5.29. The highest BCUT2D eigenvalue weighted by atomic mass is 16.3. The van der Waals surface area contributed by atoms with Crippen LogP contribution in [0.5, 0.6) is 0 Å². The molecule has 2 aliphatic heterocycles. The van der Waals surface area contributed by atoms with Crippen LogP contribution in [0.25, 0.3) is 0 Å². The molecule has 0 aliphatic carbocycles. The first-order valence-corrected chi connectivity index (χ1v) is 7.97. The molecule has 0 aromatic rings. The summed E-state index contributed by atoms with van der Waals surface area (Å²) in [6.45, 7) is 8.40. The molecule has 3 N–H and O–H groups in total. The van der Waals surface area contributed by atoms with E-state index >= 15 is 0 Å². The number of nitrogens with two attached hydrogens (primary N) is 1. The molecule has 2 saturated heterocycles. The molecule has 0 bridgehead atoms. The first-order valence-electron chi connectivity index (χ1n) is 7.97. The lowest BCUT2D eigenvalue weighted by Gasteiger charge is -2.24. The van der Waals surface area contributed by atoms with Gasteiger partial charge in [-0.2, -0.15) is 0 Å². The van der Waals surface area contributed by atoms with Crippen LogP contribution in [0.15, 0.2) is 0 Å². The van der Waals surface area contributed by atoms with Crippen LogP contribution in [0.4, 0.5) is 0 Å². The third kappa shape index (κ3) is 4.71. The lowest BCUT2D eigenvalue weighted by Crippen LogP contribution is -2.40. The predicted octanol–water partition coefficient (Wildman–Crippen LogP) is 1.04. The van der Waals surface area contributed by atoms with Gasteiger partial charge in [0.15, 0.2) is 0 Å².